The summed E-state index contributed by atoms with van der Waals surface area (Å²) in [5.41, 5.74) is 0.460. The Hall–Kier alpha value is -0.680. The van der Waals surface area contributed by atoms with E-state index in [0.29, 0.717) is 23.3 Å². The Morgan fingerprint density at radius 1 is 1.50 bits per heavy atom. The lowest BCUT2D eigenvalue weighted by Gasteiger charge is -2.19. The van der Waals surface area contributed by atoms with Crippen LogP contribution in [0.1, 0.15) is 26.5 Å². The van der Waals surface area contributed by atoms with Crippen molar-refractivity contribution in [3.05, 3.63) is 26.8 Å². The normalized spacial score (nSPS) is 11.8. The molecule has 0 saturated carbocycles. The molecule has 90 valence electrons. The minimum absolute atomic E-state index is 0.0648. The summed E-state index contributed by atoms with van der Waals surface area (Å²) in [6, 6.07) is 0. The zero-order valence-corrected chi connectivity index (χ0v) is 11.7. The molecule has 0 N–H and O–H groups in total. The van der Waals surface area contributed by atoms with Gasteiger partial charge in [-0.1, -0.05) is 0 Å². The highest BCUT2D eigenvalue weighted by Gasteiger charge is 2.10. The Balaban J connectivity index is 2.69. The molecule has 1 aromatic heterocycles. The third kappa shape index (κ3) is 3.72. The maximum atomic E-state index is 11.8. The Bertz CT molecular complexity index is 421. The van der Waals surface area contributed by atoms with Crippen molar-refractivity contribution in [1.29, 1.82) is 0 Å². The molecule has 0 radical (unpaired) electrons. The minimum atomic E-state index is -0.182. The standard InChI is InChI=1S/C11H17BrN2O2/c1-8-9(12)10(15)14(7-13-8)5-6-16-11(2,3)4/h7H,5-6H2,1-4H3. The molecule has 0 amide bonds. The number of aryl methyl sites for hydroxylation is 1. The number of ether oxygens (including phenoxy) is 1. The maximum Gasteiger partial charge on any atom is 0.267 e. The second-order valence-electron chi connectivity index (χ2n) is 4.60. The Morgan fingerprint density at radius 2 is 2.12 bits per heavy atom. The summed E-state index contributed by atoms with van der Waals surface area (Å²) < 4.78 is 7.62. The minimum Gasteiger partial charge on any atom is -0.374 e. The predicted molar refractivity (Wildman–Crippen MR) is 66.6 cm³/mol. The molecule has 0 aliphatic rings. The van der Waals surface area contributed by atoms with Gasteiger partial charge in [0.25, 0.3) is 5.56 Å². The van der Waals surface area contributed by atoms with E-state index in [1.807, 2.05) is 20.8 Å². The van der Waals surface area contributed by atoms with Crippen LogP contribution in [0.15, 0.2) is 15.6 Å². The third-order valence-corrected chi connectivity index (χ3v) is 2.94. The molecule has 0 aromatic carbocycles. The zero-order valence-electron chi connectivity index (χ0n) is 10.1. The second-order valence-corrected chi connectivity index (χ2v) is 5.40. The number of rotatable bonds is 3. The fraction of sp³-hybridized carbons (Fsp3) is 0.636. The Kier molecular flexibility index (Phi) is 4.27. The Labute approximate surface area is 104 Å². The summed E-state index contributed by atoms with van der Waals surface area (Å²) in [5, 5.41) is 0. The van der Waals surface area contributed by atoms with Crippen LogP contribution >= 0.6 is 15.9 Å². The van der Waals surface area contributed by atoms with Gasteiger partial charge in [0.15, 0.2) is 0 Å². The van der Waals surface area contributed by atoms with Crippen LogP contribution in [0, 0.1) is 6.92 Å². The molecule has 1 aromatic rings. The van der Waals surface area contributed by atoms with Crippen molar-refractivity contribution in [3.8, 4) is 0 Å². The van der Waals surface area contributed by atoms with Crippen molar-refractivity contribution in [2.45, 2.75) is 39.8 Å². The number of nitrogens with zero attached hydrogens (tertiary/aromatic N) is 2. The molecule has 4 nitrogen and oxygen atoms in total. The predicted octanol–water partition coefficient (Wildman–Crippen LogP) is 2.13. The zero-order chi connectivity index (χ0) is 12.3. The molecule has 0 atom stereocenters. The number of hydrogen-bond donors (Lipinski definition) is 0. The SMILES string of the molecule is Cc1ncn(CCOC(C)(C)C)c(=O)c1Br. The average Bonchev–Trinajstić information content (AvgIpc) is 2.16. The largest absolute Gasteiger partial charge is 0.374 e. The molecule has 0 saturated heterocycles. The van der Waals surface area contributed by atoms with Crippen molar-refractivity contribution in [2.24, 2.45) is 0 Å². The van der Waals surface area contributed by atoms with Crippen molar-refractivity contribution >= 4 is 15.9 Å². The quantitative estimate of drug-likeness (QED) is 0.856. The molecule has 0 aliphatic carbocycles. The van der Waals surface area contributed by atoms with Crippen LogP contribution in [0.3, 0.4) is 0 Å². The molecular weight excluding hydrogens is 272 g/mol. The summed E-state index contributed by atoms with van der Waals surface area (Å²) in [6.07, 6.45) is 1.55. The van der Waals surface area contributed by atoms with Gasteiger partial charge in [-0.3, -0.25) is 9.36 Å². The highest BCUT2D eigenvalue weighted by molar-refractivity contribution is 9.10. The first-order valence-electron chi connectivity index (χ1n) is 5.17. The van der Waals surface area contributed by atoms with Crippen LogP contribution in [0.5, 0.6) is 0 Å². The van der Waals surface area contributed by atoms with E-state index in [9.17, 15) is 4.79 Å². The second kappa shape index (κ2) is 5.10. The number of hydrogen-bond acceptors (Lipinski definition) is 3. The molecule has 0 aliphatic heterocycles. The van der Waals surface area contributed by atoms with Crippen LogP contribution in [0.25, 0.3) is 0 Å². The third-order valence-electron chi connectivity index (χ3n) is 2.02. The van der Waals surface area contributed by atoms with Gasteiger partial charge < -0.3 is 4.74 Å². The van der Waals surface area contributed by atoms with E-state index in [0.717, 1.165) is 0 Å². The summed E-state index contributed by atoms with van der Waals surface area (Å²) >= 11 is 3.22. The van der Waals surface area contributed by atoms with Crippen LogP contribution < -0.4 is 5.56 Å². The van der Waals surface area contributed by atoms with Crippen molar-refractivity contribution < 1.29 is 4.74 Å². The van der Waals surface area contributed by atoms with E-state index in [2.05, 4.69) is 20.9 Å². The highest BCUT2D eigenvalue weighted by atomic mass is 79.9. The molecule has 0 bridgehead atoms. The Morgan fingerprint density at radius 3 is 2.69 bits per heavy atom. The molecule has 1 heterocycles. The van der Waals surface area contributed by atoms with Gasteiger partial charge in [-0.2, -0.15) is 0 Å². The molecule has 1 rings (SSSR count). The van der Waals surface area contributed by atoms with E-state index >= 15 is 0 Å². The van der Waals surface area contributed by atoms with E-state index in [-0.39, 0.29) is 11.2 Å². The van der Waals surface area contributed by atoms with Crippen LogP contribution in [0.4, 0.5) is 0 Å². The highest BCUT2D eigenvalue weighted by Crippen LogP contribution is 2.08. The summed E-state index contributed by atoms with van der Waals surface area (Å²) in [7, 11) is 0. The fourth-order valence-corrected chi connectivity index (χ4v) is 1.49. The average molecular weight is 289 g/mol. The molecule has 0 fully saturated rings. The van der Waals surface area contributed by atoms with Gasteiger partial charge in [-0.15, -0.1) is 0 Å². The van der Waals surface area contributed by atoms with E-state index < -0.39 is 0 Å². The lowest BCUT2D eigenvalue weighted by Crippen LogP contribution is -2.27. The number of aromatic nitrogens is 2. The first kappa shape index (κ1) is 13.4. The molecule has 16 heavy (non-hydrogen) atoms. The lowest BCUT2D eigenvalue weighted by atomic mass is 10.2. The molecule has 5 heteroatoms. The van der Waals surface area contributed by atoms with Gasteiger partial charge in [-0.25, -0.2) is 4.98 Å². The molecular formula is C11H17BrN2O2. The van der Waals surface area contributed by atoms with Gasteiger partial charge in [0.2, 0.25) is 0 Å². The van der Waals surface area contributed by atoms with Crippen molar-refractivity contribution in [2.75, 3.05) is 6.61 Å². The van der Waals surface area contributed by atoms with Crippen LogP contribution in [-0.2, 0) is 11.3 Å². The number of halogens is 1. The first-order chi connectivity index (χ1) is 7.31. The van der Waals surface area contributed by atoms with Gasteiger partial charge in [0.05, 0.1) is 30.8 Å². The van der Waals surface area contributed by atoms with Gasteiger partial charge in [0, 0.05) is 0 Å². The fourth-order valence-electron chi connectivity index (χ4n) is 1.16. The van der Waals surface area contributed by atoms with E-state index in [1.54, 1.807) is 17.8 Å². The van der Waals surface area contributed by atoms with Crippen LogP contribution in [-0.4, -0.2) is 21.8 Å². The smallest absolute Gasteiger partial charge is 0.267 e. The molecule has 0 spiro atoms. The maximum absolute atomic E-state index is 11.8. The van der Waals surface area contributed by atoms with Crippen molar-refractivity contribution in [3.63, 3.8) is 0 Å². The summed E-state index contributed by atoms with van der Waals surface area (Å²) in [4.78, 5) is 15.9. The van der Waals surface area contributed by atoms with Gasteiger partial charge >= 0.3 is 0 Å². The lowest BCUT2D eigenvalue weighted by molar-refractivity contribution is -0.00725. The summed E-state index contributed by atoms with van der Waals surface area (Å²) in [6.45, 7) is 8.77. The van der Waals surface area contributed by atoms with Crippen molar-refractivity contribution in [1.82, 2.24) is 9.55 Å². The topological polar surface area (TPSA) is 44.1 Å². The van der Waals surface area contributed by atoms with Crippen LogP contribution in [0.2, 0.25) is 0 Å². The van der Waals surface area contributed by atoms with E-state index in [4.69, 9.17) is 4.74 Å². The molecule has 0 unspecified atom stereocenters. The van der Waals surface area contributed by atoms with E-state index in [1.165, 1.54) is 0 Å². The first-order valence-corrected chi connectivity index (χ1v) is 5.96. The van der Waals surface area contributed by atoms with Gasteiger partial charge in [-0.05, 0) is 43.6 Å². The van der Waals surface area contributed by atoms with Gasteiger partial charge in [0.1, 0.15) is 4.47 Å². The monoisotopic (exact) mass is 288 g/mol. The summed E-state index contributed by atoms with van der Waals surface area (Å²) in [5.74, 6) is 0.